The van der Waals surface area contributed by atoms with Crippen LogP contribution in [0.4, 0.5) is 21.5 Å². The summed E-state index contributed by atoms with van der Waals surface area (Å²) in [5.74, 6) is -0.908. The maximum absolute atomic E-state index is 14.4. The molecule has 30 heavy (non-hydrogen) atoms. The average Bonchev–Trinajstić information content (AvgIpc) is 3.30. The van der Waals surface area contributed by atoms with Gasteiger partial charge in [-0.2, -0.15) is 0 Å². The molecule has 0 unspecified atom stereocenters. The number of esters is 1. The molecule has 1 saturated heterocycles. The second-order valence-electron chi connectivity index (χ2n) is 6.94. The van der Waals surface area contributed by atoms with Gasteiger partial charge in [-0.05, 0) is 43.2 Å². The maximum Gasteiger partial charge on any atom is 0.341 e. The third-order valence-corrected chi connectivity index (χ3v) is 5.26. The van der Waals surface area contributed by atoms with Crippen molar-refractivity contribution in [1.29, 1.82) is 0 Å². The van der Waals surface area contributed by atoms with Crippen LogP contribution in [-0.2, 0) is 4.74 Å². The number of carbonyl (C=O) groups is 1. The number of hydrogen-bond acceptors (Lipinski definition) is 6. The molecule has 6 nitrogen and oxygen atoms in total. The molecule has 8 heteroatoms. The number of halogens is 2. The molecule has 1 fully saturated rings. The summed E-state index contributed by atoms with van der Waals surface area (Å²) < 4.78 is 19.3. The van der Waals surface area contributed by atoms with Crippen molar-refractivity contribution in [2.75, 3.05) is 30.4 Å². The zero-order valence-electron chi connectivity index (χ0n) is 16.4. The van der Waals surface area contributed by atoms with Crippen LogP contribution in [0.15, 0.2) is 48.9 Å². The van der Waals surface area contributed by atoms with Gasteiger partial charge in [-0.3, -0.25) is 9.97 Å². The molecule has 1 aliphatic rings. The lowest BCUT2D eigenvalue weighted by atomic mass is 10.1. The van der Waals surface area contributed by atoms with Crippen molar-refractivity contribution in [2.45, 2.75) is 12.8 Å². The van der Waals surface area contributed by atoms with Gasteiger partial charge in [0, 0.05) is 36.1 Å². The lowest BCUT2D eigenvalue weighted by Gasteiger charge is -2.23. The Kier molecular flexibility index (Phi) is 5.81. The first kappa shape index (κ1) is 20.1. The van der Waals surface area contributed by atoms with Gasteiger partial charge >= 0.3 is 5.97 Å². The van der Waals surface area contributed by atoms with E-state index in [9.17, 15) is 9.18 Å². The first-order valence-electron chi connectivity index (χ1n) is 9.56. The number of methoxy groups -OCH3 is 1. The highest BCUT2D eigenvalue weighted by molar-refractivity contribution is 6.30. The van der Waals surface area contributed by atoms with Gasteiger partial charge in [0.05, 0.1) is 36.1 Å². The van der Waals surface area contributed by atoms with E-state index in [-0.39, 0.29) is 0 Å². The van der Waals surface area contributed by atoms with E-state index in [1.807, 2.05) is 0 Å². The van der Waals surface area contributed by atoms with Crippen LogP contribution in [0.3, 0.4) is 0 Å². The minimum atomic E-state index is -0.497. The average molecular weight is 427 g/mol. The highest BCUT2D eigenvalue weighted by Crippen LogP contribution is 2.35. The Morgan fingerprint density at radius 2 is 1.97 bits per heavy atom. The summed E-state index contributed by atoms with van der Waals surface area (Å²) in [7, 11) is 1.32. The summed E-state index contributed by atoms with van der Waals surface area (Å²) in [6.07, 6.45) is 6.94. The molecule has 1 N–H and O–H groups in total. The Labute approximate surface area is 178 Å². The molecule has 0 saturated carbocycles. The van der Waals surface area contributed by atoms with E-state index in [1.54, 1.807) is 30.6 Å². The summed E-state index contributed by atoms with van der Waals surface area (Å²) in [4.78, 5) is 22.9. The van der Waals surface area contributed by atoms with Crippen molar-refractivity contribution in [3.63, 3.8) is 0 Å². The van der Waals surface area contributed by atoms with Gasteiger partial charge in [0.1, 0.15) is 11.4 Å². The summed E-state index contributed by atoms with van der Waals surface area (Å²) in [5, 5.41) is 3.72. The van der Waals surface area contributed by atoms with Gasteiger partial charge in [0.2, 0.25) is 0 Å². The zero-order chi connectivity index (χ0) is 21.1. The topological polar surface area (TPSA) is 67.3 Å². The number of rotatable bonds is 5. The van der Waals surface area contributed by atoms with Gasteiger partial charge in [0.15, 0.2) is 0 Å². The van der Waals surface area contributed by atoms with Gasteiger partial charge < -0.3 is 15.0 Å². The fraction of sp³-hybridized carbons (Fsp3) is 0.227. The Balaban J connectivity index is 1.80. The van der Waals surface area contributed by atoms with E-state index in [0.717, 1.165) is 31.6 Å². The first-order chi connectivity index (χ1) is 14.6. The van der Waals surface area contributed by atoms with Gasteiger partial charge in [-0.15, -0.1) is 0 Å². The normalized spacial score (nSPS) is 13.4. The van der Waals surface area contributed by atoms with Gasteiger partial charge in [-0.25, -0.2) is 9.18 Å². The lowest BCUT2D eigenvalue weighted by Crippen LogP contribution is -2.19. The third-order valence-electron chi connectivity index (χ3n) is 5.03. The largest absolute Gasteiger partial charge is 0.465 e. The molecule has 2 aromatic heterocycles. The second-order valence-corrected chi connectivity index (χ2v) is 7.38. The minimum absolute atomic E-state index is 0.305. The Morgan fingerprint density at radius 1 is 1.17 bits per heavy atom. The predicted molar refractivity (Wildman–Crippen MR) is 115 cm³/mol. The van der Waals surface area contributed by atoms with Crippen LogP contribution in [0.5, 0.6) is 0 Å². The first-order valence-corrected chi connectivity index (χ1v) is 9.94. The second kappa shape index (κ2) is 8.67. The fourth-order valence-electron chi connectivity index (χ4n) is 3.52. The molecule has 0 aliphatic carbocycles. The molecule has 0 bridgehead atoms. The molecule has 3 aromatic rings. The van der Waals surface area contributed by atoms with E-state index in [4.69, 9.17) is 16.3 Å². The molecule has 1 aliphatic heterocycles. The molecule has 0 atom stereocenters. The fourth-order valence-corrected chi connectivity index (χ4v) is 3.69. The number of anilines is 3. The van der Waals surface area contributed by atoms with Crippen molar-refractivity contribution in [2.24, 2.45) is 0 Å². The van der Waals surface area contributed by atoms with Crippen molar-refractivity contribution >= 4 is 34.6 Å². The van der Waals surface area contributed by atoms with Gasteiger partial charge in [-0.1, -0.05) is 11.6 Å². The van der Waals surface area contributed by atoms with E-state index in [1.165, 1.54) is 25.4 Å². The summed E-state index contributed by atoms with van der Waals surface area (Å²) >= 11 is 6.07. The summed E-state index contributed by atoms with van der Waals surface area (Å²) in [6.45, 7) is 1.81. The number of pyridine rings is 2. The van der Waals surface area contributed by atoms with E-state index < -0.39 is 11.8 Å². The number of nitrogens with one attached hydrogen (secondary N) is 1. The van der Waals surface area contributed by atoms with Crippen LogP contribution in [0.1, 0.15) is 23.2 Å². The summed E-state index contributed by atoms with van der Waals surface area (Å²) in [5.41, 5.74) is 3.18. The van der Waals surface area contributed by atoms with E-state index in [2.05, 4.69) is 20.2 Å². The lowest BCUT2D eigenvalue weighted by molar-refractivity contribution is 0.0601. The molecular weight excluding hydrogens is 407 g/mol. The standard InChI is InChI=1S/C22H20ClFN4O2/c1-30-22(29)16-12-25-7-6-18(16)27-20-11-19(15-10-14(23)4-5-17(15)24)26-13-21(20)28-8-2-3-9-28/h4-7,10-13H,2-3,8-9H2,1H3,(H,25,26,27). The Bertz CT molecular complexity index is 1090. The molecular formula is C22H20ClFN4O2. The smallest absolute Gasteiger partial charge is 0.341 e. The van der Waals surface area contributed by atoms with Crippen LogP contribution in [0.2, 0.25) is 5.02 Å². The van der Waals surface area contributed by atoms with E-state index >= 15 is 0 Å². The molecule has 1 aromatic carbocycles. The molecule has 0 radical (unpaired) electrons. The van der Waals surface area contributed by atoms with Gasteiger partial charge in [0.25, 0.3) is 0 Å². The quantitative estimate of drug-likeness (QED) is 0.575. The highest BCUT2D eigenvalue weighted by Gasteiger charge is 2.20. The number of carbonyl (C=O) groups excluding carboxylic acids is 1. The molecule has 4 rings (SSSR count). The van der Waals surface area contributed by atoms with Crippen LogP contribution >= 0.6 is 11.6 Å². The van der Waals surface area contributed by atoms with Crippen molar-refractivity contribution in [3.8, 4) is 11.3 Å². The maximum atomic E-state index is 14.4. The predicted octanol–water partition coefficient (Wildman–Crippen LogP) is 5.07. The van der Waals surface area contributed by atoms with Crippen LogP contribution in [-0.4, -0.2) is 36.1 Å². The number of benzene rings is 1. The van der Waals surface area contributed by atoms with Crippen LogP contribution < -0.4 is 10.2 Å². The molecule has 154 valence electrons. The zero-order valence-corrected chi connectivity index (χ0v) is 17.1. The molecule has 3 heterocycles. The van der Waals surface area contributed by atoms with Crippen molar-refractivity contribution in [1.82, 2.24) is 9.97 Å². The molecule has 0 spiro atoms. The Morgan fingerprint density at radius 3 is 2.73 bits per heavy atom. The number of aromatic nitrogens is 2. The minimum Gasteiger partial charge on any atom is -0.465 e. The van der Waals surface area contributed by atoms with Crippen LogP contribution in [0.25, 0.3) is 11.3 Å². The van der Waals surface area contributed by atoms with E-state index in [0.29, 0.717) is 33.2 Å². The molecule has 0 amide bonds. The van der Waals surface area contributed by atoms with Crippen LogP contribution in [0, 0.1) is 5.82 Å². The highest BCUT2D eigenvalue weighted by atomic mass is 35.5. The van der Waals surface area contributed by atoms with Crippen molar-refractivity contribution < 1.29 is 13.9 Å². The monoisotopic (exact) mass is 426 g/mol. The number of ether oxygens (including phenoxy) is 1. The van der Waals surface area contributed by atoms with Crippen molar-refractivity contribution in [3.05, 3.63) is 65.3 Å². The number of hydrogen-bond donors (Lipinski definition) is 1. The third kappa shape index (κ3) is 4.07. The number of nitrogens with zero attached hydrogens (tertiary/aromatic N) is 3. The SMILES string of the molecule is COC(=O)c1cnccc1Nc1cc(-c2cc(Cl)ccc2F)ncc1N1CCCC1. The Hall–Kier alpha value is -3.19. The summed E-state index contributed by atoms with van der Waals surface area (Å²) in [6, 6.07) is 7.83.